The average molecular weight is 307 g/mol. The highest BCUT2D eigenvalue weighted by Gasteiger charge is 2.20. The first kappa shape index (κ1) is 11.7. The molecule has 0 N–H and O–H groups in total. The standard InChI is InChI=1S/C10H16IN2O/c1-3-10(14)13-6-4-12(5-7-13)8-9(2)11/h3,8-9H,1,4-7H2,2H3/q+1. The summed E-state index contributed by atoms with van der Waals surface area (Å²) in [6.45, 7) is 9.14. The first-order valence-corrected chi connectivity index (χ1v) is 6.02. The molecule has 0 saturated carbocycles. The molecule has 0 aromatic carbocycles. The zero-order valence-corrected chi connectivity index (χ0v) is 10.6. The number of carbonyl (C=O) groups is 1. The third-order valence-electron chi connectivity index (χ3n) is 2.22. The van der Waals surface area contributed by atoms with Crippen LogP contribution in [0.1, 0.15) is 6.92 Å². The molecule has 1 aliphatic rings. The van der Waals surface area contributed by atoms with Gasteiger partial charge in [0.1, 0.15) is 0 Å². The van der Waals surface area contributed by atoms with Crippen molar-refractivity contribution in [1.82, 2.24) is 4.90 Å². The predicted molar refractivity (Wildman–Crippen MR) is 66.3 cm³/mol. The van der Waals surface area contributed by atoms with Crippen LogP contribution in [0.4, 0.5) is 0 Å². The highest BCUT2D eigenvalue weighted by molar-refractivity contribution is 14.1. The van der Waals surface area contributed by atoms with Gasteiger partial charge in [-0.15, -0.1) is 0 Å². The lowest BCUT2D eigenvalue weighted by molar-refractivity contribution is -0.534. The summed E-state index contributed by atoms with van der Waals surface area (Å²) in [5, 5.41) is 0. The van der Waals surface area contributed by atoms with Crippen molar-refractivity contribution >= 4 is 34.7 Å². The zero-order chi connectivity index (χ0) is 10.6. The minimum Gasteiger partial charge on any atom is -0.326 e. The topological polar surface area (TPSA) is 23.3 Å². The Morgan fingerprint density at radius 2 is 2.14 bits per heavy atom. The second-order valence-corrected chi connectivity index (χ2v) is 5.36. The van der Waals surface area contributed by atoms with E-state index in [2.05, 4.69) is 46.9 Å². The summed E-state index contributed by atoms with van der Waals surface area (Å²) < 4.78 is 2.83. The Morgan fingerprint density at radius 1 is 1.57 bits per heavy atom. The van der Waals surface area contributed by atoms with Gasteiger partial charge in [0.05, 0.1) is 17.0 Å². The molecule has 1 amide bonds. The van der Waals surface area contributed by atoms with E-state index in [0.717, 1.165) is 26.2 Å². The monoisotopic (exact) mass is 307 g/mol. The number of alkyl halides is 1. The van der Waals surface area contributed by atoms with Crippen molar-refractivity contribution in [3.63, 3.8) is 0 Å². The first-order chi connectivity index (χ1) is 6.63. The molecule has 1 heterocycles. The minimum atomic E-state index is 0.0483. The molecule has 0 aliphatic carbocycles. The van der Waals surface area contributed by atoms with E-state index in [9.17, 15) is 4.79 Å². The summed E-state index contributed by atoms with van der Waals surface area (Å²) in [6, 6.07) is 0. The van der Waals surface area contributed by atoms with Crippen LogP contribution < -0.4 is 0 Å². The Hall–Kier alpha value is -0.390. The van der Waals surface area contributed by atoms with Crippen molar-refractivity contribution in [2.45, 2.75) is 10.8 Å². The number of hydrogen-bond acceptors (Lipinski definition) is 1. The number of rotatable bonds is 2. The van der Waals surface area contributed by atoms with Gasteiger partial charge in [-0.05, 0) is 13.0 Å². The predicted octanol–water partition coefficient (Wildman–Crippen LogP) is 0.921. The molecule has 0 aromatic heterocycles. The second kappa shape index (κ2) is 5.48. The summed E-state index contributed by atoms with van der Waals surface area (Å²) in [6.07, 6.45) is 3.61. The van der Waals surface area contributed by atoms with E-state index in [4.69, 9.17) is 0 Å². The van der Waals surface area contributed by atoms with Gasteiger partial charge in [0, 0.05) is 0 Å². The Labute approximate surface area is 98.6 Å². The summed E-state index contributed by atoms with van der Waals surface area (Å²) in [7, 11) is 0. The van der Waals surface area contributed by atoms with Crippen molar-refractivity contribution < 1.29 is 9.37 Å². The van der Waals surface area contributed by atoms with Crippen LogP contribution in [0.5, 0.6) is 0 Å². The van der Waals surface area contributed by atoms with Gasteiger partial charge < -0.3 is 4.90 Å². The summed E-state index contributed by atoms with van der Waals surface area (Å²) in [5.41, 5.74) is 0. The fourth-order valence-electron chi connectivity index (χ4n) is 1.51. The Bertz CT molecular complexity index is 251. The SMILES string of the molecule is C=CC(=O)N1CC[N+](=CC(C)I)CC1. The van der Waals surface area contributed by atoms with Gasteiger partial charge >= 0.3 is 0 Å². The average Bonchev–Trinajstić information content (AvgIpc) is 2.17. The lowest BCUT2D eigenvalue weighted by atomic mass is 10.3. The highest BCUT2D eigenvalue weighted by atomic mass is 127. The molecule has 1 rings (SSSR count). The van der Waals surface area contributed by atoms with Crippen molar-refractivity contribution in [3.8, 4) is 0 Å². The number of piperazine rings is 1. The molecule has 0 radical (unpaired) electrons. The first-order valence-electron chi connectivity index (χ1n) is 4.78. The minimum absolute atomic E-state index is 0.0483. The van der Waals surface area contributed by atoms with Gasteiger partial charge in [0.15, 0.2) is 19.3 Å². The van der Waals surface area contributed by atoms with E-state index in [1.807, 2.05) is 4.90 Å². The third-order valence-corrected chi connectivity index (χ3v) is 2.54. The number of halogens is 1. The molecule has 14 heavy (non-hydrogen) atoms. The summed E-state index contributed by atoms with van der Waals surface area (Å²) in [5.74, 6) is 0.0483. The maximum Gasteiger partial charge on any atom is 0.246 e. The molecule has 0 aromatic rings. The molecular weight excluding hydrogens is 291 g/mol. The fourth-order valence-corrected chi connectivity index (χ4v) is 1.97. The number of nitrogens with zero attached hydrogens (tertiary/aromatic N) is 2. The van der Waals surface area contributed by atoms with Gasteiger partial charge in [0.25, 0.3) is 0 Å². The molecule has 1 unspecified atom stereocenters. The molecule has 1 saturated heterocycles. The highest BCUT2D eigenvalue weighted by Crippen LogP contribution is 2.00. The molecular formula is C10H16IN2O+. The van der Waals surface area contributed by atoms with Gasteiger partial charge in [0.2, 0.25) is 5.91 Å². The van der Waals surface area contributed by atoms with E-state index >= 15 is 0 Å². The van der Waals surface area contributed by atoms with Crippen LogP contribution in [-0.2, 0) is 4.79 Å². The van der Waals surface area contributed by atoms with E-state index < -0.39 is 0 Å². The second-order valence-electron chi connectivity index (χ2n) is 3.39. The van der Waals surface area contributed by atoms with E-state index in [1.54, 1.807) is 0 Å². The molecule has 4 heteroatoms. The number of amides is 1. The number of carbonyl (C=O) groups excluding carboxylic acids is 1. The van der Waals surface area contributed by atoms with Crippen LogP contribution >= 0.6 is 22.6 Å². The largest absolute Gasteiger partial charge is 0.326 e. The van der Waals surface area contributed by atoms with Crippen molar-refractivity contribution in [2.75, 3.05) is 26.2 Å². The normalized spacial score (nSPS) is 19.0. The molecule has 0 spiro atoms. The van der Waals surface area contributed by atoms with Crippen LogP contribution in [0.2, 0.25) is 0 Å². The number of hydrogen-bond donors (Lipinski definition) is 0. The maximum atomic E-state index is 11.3. The third kappa shape index (κ3) is 3.40. The van der Waals surface area contributed by atoms with Crippen LogP contribution in [0.15, 0.2) is 12.7 Å². The van der Waals surface area contributed by atoms with Gasteiger partial charge in [-0.1, -0.05) is 29.2 Å². The van der Waals surface area contributed by atoms with Crippen molar-refractivity contribution in [1.29, 1.82) is 0 Å². The van der Waals surface area contributed by atoms with E-state index in [1.165, 1.54) is 6.08 Å². The molecule has 1 aliphatic heterocycles. The van der Waals surface area contributed by atoms with Gasteiger partial charge in [-0.2, -0.15) is 0 Å². The van der Waals surface area contributed by atoms with Crippen LogP contribution in [0.3, 0.4) is 0 Å². The Morgan fingerprint density at radius 3 is 2.57 bits per heavy atom. The smallest absolute Gasteiger partial charge is 0.246 e. The molecule has 1 atom stereocenters. The fraction of sp³-hybridized carbons (Fsp3) is 0.600. The van der Waals surface area contributed by atoms with Gasteiger partial charge in [-0.3, -0.25) is 4.79 Å². The van der Waals surface area contributed by atoms with Gasteiger partial charge in [-0.25, -0.2) is 4.58 Å². The summed E-state index contributed by atoms with van der Waals surface area (Å²) >= 11 is 2.38. The summed E-state index contributed by atoms with van der Waals surface area (Å²) in [4.78, 5) is 13.1. The maximum absolute atomic E-state index is 11.3. The quantitative estimate of drug-likeness (QED) is 0.322. The van der Waals surface area contributed by atoms with E-state index in [0.29, 0.717) is 3.92 Å². The van der Waals surface area contributed by atoms with Crippen LogP contribution in [0.25, 0.3) is 0 Å². The molecule has 78 valence electrons. The lowest BCUT2D eigenvalue weighted by Crippen LogP contribution is -2.45. The Kier molecular flexibility index (Phi) is 4.57. The molecule has 1 fully saturated rings. The molecule has 3 nitrogen and oxygen atoms in total. The zero-order valence-electron chi connectivity index (χ0n) is 8.45. The van der Waals surface area contributed by atoms with Crippen LogP contribution in [0, 0.1) is 0 Å². The van der Waals surface area contributed by atoms with Crippen LogP contribution in [-0.4, -0.2) is 51.7 Å². The van der Waals surface area contributed by atoms with Crippen molar-refractivity contribution in [2.24, 2.45) is 0 Å². The van der Waals surface area contributed by atoms with Crippen molar-refractivity contribution in [3.05, 3.63) is 12.7 Å². The lowest BCUT2D eigenvalue weighted by Gasteiger charge is -2.24. The van der Waals surface area contributed by atoms with E-state index in [-0.39, 0.29) is 5.91 Å². The Balaban J connectivity index is 2.46. The molecule has 0 bridgehead atoms.